The van der Waals surface area contributed by atoms with Crippen LogP contribution in [0.4, 0.5) is 10.8 Å². The molecular formula is C10H12N4S. The number of hydrogen-bond donors (Lipinski definition) is 1. The topological polar surface area (TPSA) is 55.0 Å². The van der Waals surface area contributed by atoms with Crippen LogP contribution in [0, 0.1) is 0 Å². The van der Waals surface area contributed by atoms with Gasteiger partial charge < -0.3 is 10.6 Å². The minimum absolute atomic E-state index is 0.502. The Morgan fingerprint density at radius 2 is 1.87 bits per heavy atom. The minimum atomic E-state index is 0.502. The molecule has 0 saturated carbocycles. The minimum Gasteiger partial charge on any atom is -0.378 e. The molecule has 78 valence electrons. The molecule has 0 aliphatic rings. The number of nitrogens with two attached hydrogens (primary N) is 1. The van der Waals surface area contributed by atoms with Crippen molar-refractivity contribution < 1.29 is 0 Å². The summed E-state index contributed by atoms with van der Waals surface area (Å²) < 4.78 is 4.15. The maximum absolute atomic E-state index is 5.53. The van der Waals surface area contributed by atoms with Crippen LogP contribution < -0.4 is 10.6 Å². The Kier molecular flexibility index (Phi) is 2.55. The summed E-state index contributed by atoms with van der Waals surface area (Å²) >= 11 is 1.22. The zero-order valence-corrected chi connectivity index (χ0v) is 9.45. The van der Waals surface area contributed by atoms with Gasteiger partial charge in [-0.1, -0.05) is 0 Å². The van der Waals surface area contributed by atoms with Crippen molar-refractivity contribution in [3.63, 3.8) is 0 Å². The van der Waals surface area contributed by atoms with E-state index in [0.29, 0.717) is 11.0 Å². The average Bonchev–Trinajstić information content (AvgIpc) is 2.65. The predicted molar refractivity (Wildman–Crippen MR) is 64.1 cm³/mol. The first-order chi connectivity index (χ1) is 7.16. The van der Waals surface area contributed by atoms with Crippen LogP contribution in [0.25, 0.3) is 11.4 Å². The van der Waals surface area contributed by atoms with Crippen LogP contribution in [0.15, 0.2) is 24.3 Å². The third kappa shape index (κ3) is 2.07. The molecule has 4 nitrogen and oxygen atoms in total. The lowest BCUT2D eigenvalue weighted by molar-refractivity contribution is 1.13. The molecule has 2 N–H and O–H groups in total. The Balaban J connectivity index is 2.31. The van der Waals surface area contributed by atoms with Crippen LogP contribution in [0.2, 0.25) is 0 Å². The van der Waals surface area contributed by atoms with E-state index in [-0.39, 0.29) is 0 Å². The standard InChI is InChI=1S/C10H12N4S/c1-14(2)8-5-3-7(4-6-8)9-12-10(11)15-13-9/h3-6H,1-2H3,(H2,11,12,13). The van der Waals surface area contributed by atoms with Crippen LogP contribution in [0.1, 0.15) is 0 Å². The van der Waals surface area contributed by atoms with Gasteiger partial charge in [-0.2, -0.15) is 9.36 Å². The molecule has 15 heavy (non-hydrogen) atoms. The van der Waals surface area contributed by atoms with Crippen LogP contribution in [0.3, 0.4) is 0 Å². The zero-order valence-electron chi connectivity index (χ0n) is 8.64. The summed E-state index contributed by atoms with van der Waals surface area (Å²) in [6.45, 7) is 0. The number of nitrogens with zero attached hydrogens (tertiary/aromatic N) is 3. The van der Waals surface area contributed by atoms with Crippen LogP contribution in [-0.4, -0.2) is 23.5 Å². The second-order valence-electron chi connectivity index (χ2n) is 3.40. The van der Waals surface area contributed by atoms with E-state index in [2.05, 4.69) is 9.36 Å². The van der Waals surface area contributed by atoms with Gasteiger partial charge in [0.15, 0.2) is 11.0 Å². The van der Waals surface area contributed by atoms with Gasteiger partial charge >= 0.3 is 0 Å². The summed E-state index contributed by atoms with van der Waals surface area (Å²) in [6.07, 6.45) is 0. The lowest BCUT2D eigenvalue weighted by Crippen LogP contribution is -2.07. The first-order valence-corrected chi connectivity index (χ1v) is 5.31. The summed E-state index contributed by atoms with van der Waals surface area (Å²) in [5.41, 5.74) is 7.68. The number of hydrogen-bond acceptors (Lipinski definition) is 5. The fourth-order valence-corrected chi connectivity index (χ4v) is 1.71. The molecule has 1 heterocycles. The highest BCUT2D eigenvalue weighted by molar-refractivity contribution is 7.09. The Morgan fingerprint density at radius 1 is 1.20 bits per heavy atom. The molecule has 0 atom stereocenters. The van der Waals surface area contributed by atoms with Crippen molar-refractivity contribution in [1.29, 1.82) is 0 Å². The summed E-state index contributed by atoms with van der Waals surface area (Å²) in [4.78, 5) is 6.18. The normalized spacial score (nSPS) is 10.3. The molecule has 0 fully saturated rings. The number of aromatic nitrogens is 2. The molecule has 0 amide bonds. The number of benzene rings is 1. The molecule has 0 bridgehead atoms. The van der Waals surface area contributed by atoms with E-state index in [4.69, 9.17) is 5.73 Å². The highest BCUT2D eigenvalue weighted by atomic mass is 32.1. The maximum atomic E-state index is 5.53. The average molecular weight is 220 g/mol. The highest BCUT2D eigenvalue weighted by Gasteiger charge is 2.04. The molecular weight excluding hydrogens is 208 g/mol. The van der Waals surface area contributed by atoms with Gasteiger partial charge in [-0.3, -0.25) is 0 Å². The monoisotopic (exact) mass is 220 g/mol. The van der Waals surface area contributed by atoms with E-state index in [0.717, 1.165) is 11.3 Å². The summed E-state index contributed by atoms with van der Waals surface area (Å²) in [7, 11) is 4.02. The van der Waals surface area contributed by atoms with Crippen molar-refractivity contribution in [2.45, 2.75) is 0 Å². The van der Waals surface area contributed by atoms with Crippen molar-refractivity contribution >= 4 is 22.4 Å². The largest absolute Gasteiger partial charge is 0.378 e. The fraction of sp³-hybridized carbons (Fsp3) is 0.200. The van der Waals surface area contributed by atoms with Gasteiger partial charge in [0.2, 0.25) is 0 Å². The van der Waals surface area contributed by atoms with Gasteiger partial charge in [0, 0.05) is 36.9 Å². The van der Waals surface area contributed by atoms with Crippen molar-refractivity contribution in [2.75, 3.05) is 24.7 Å². The molecule has 0 radical (unpaired) electrons. The van der Waals surface area contributed by atoms with Gasteiger partial charge in [0.25, 0.3) is 0 Å². The predicted octanol–water partition coefficient (Wildman–Crippen LogP) is 1.85. The molecule has 5 heteroatoms. The molecule has 0 aliphatic heterocycles. The van der Waals surface area contributed by atoms with Gasteiger partial charge in [-0.15, -0.1) is 0 Å². The van der Waals surface area contributed by atoms with Gasteiger partial charge in [0.05, 0.1) is 0 Å². The van der Waals surface area contributed by atoms with Crippen LogP contribution >= 0.6 is 11.5 Å². The Bertz CT molecular complexity index is 447. The van der Waals surface area contributed by atoms with E-state index in [9.17, 15) is 0 Å². The molecule has 0 saturated heterocycles. The molecule has 0 spiro atoms. The molecule has 2 aromatic rings. The van der Waals surface area contributed by atoms with E-state index in [1.54, 1.807) is 0 Å². The van der Waals surface area contributed by atoms with Crippen molar-refractivity contribution in [1.82, 2.24) is 9.36 Å². The Labute approximate surface area is 92.5 Å². The maximum Gasteiger partial charge on any atom is 0.200 e. The molecule has 1 aromatic carbocycles. The lowest BCUT2D eigenvalue weighted by Gasteiger charge is -2.11. The van der Waals surface area contributed by atoms with Crippen LogP contribution in [-0.2, 0) is 0 Å². The SMILES string of the molecule is CN(C)c1ccc(-c2nsc(N)n2)cc1. The Morgan fingerprint density at radius 3 is 2.33 bits per heavy atom. The Hall–Kier alpha value is -1.62. The third-order valence-electron chi connectivity index (χ3n) is 2.08. The second-order valence-corrected chi connectivity index (χ2v) is 4.18. The number of anilines is 2. The van der Waals surface area contributed by atoms with Crippen LogP contribution in [0.5, 0.6) is 0 Å². The molecule has 2 rings (SSSR count). The summed E-state index contributed by atoms with van der Waals surface area (Å²) in [5, 5.41) is 0.502. The molecule has 1 aromatic heterocycles. The van der Waals surface area contributed by atoms with Crippen molar-refractivity contribution in [2.24, 2.45) is 0 Å². The van der Waals surface area contributed by atoms with Gasteiger partial charge in [0.1, 0.15) is 0 Å². The fourth-order valence-electron chi connectivity index (χ4n) is 1.26. The zero-order chi connectivity index (χ0) is 10.8. The van der Waals surface area contributed by atoms with E-state index in [1.165, 1.54) is 11.5 Å². The summed E-state index contributed by atoms with van der Waals surface area (Å²) in [6, 6.07) is 8.06. The first kappa shape index (κ1) is 9.92. The quantitative estimate of drug-likeness (QED) is 0.839. The third-order valence-corrected chi connectivity index (χ3v) is 2.63. The van der Waals surface area contributed by atoms with Gasteiger partial charge in [-0.05, 0) is 24.3 Å². The van der Waals surface area contributed by atoms with E-state index < -0.39 is 0 Å². The van der Waals surface area contributed by atoms with Crippen molar-refractivity contribution in [3.8, 4) is 11.4 Å². The smallest absolute Gasteiger partial charge is 0.200 e. The van der Waals surface area contributed by atoms with E-state index in [1.807, 2.05) is 43.3 Å². The van der Waals surface area contributed by atoms with Gasteiger partial charge in [-0.25, -0.2) is 0 Å². The second kappa shape index (κ2) is 3.86. The number of rotatable bonds is 2. The molecule has 0 unspecified atom stereocenters. The summed E-state index contributed by atoms with van der Waals surface area (Å²) in [5.74, 6) is 0.697. The van der Waals surface area contributed by atoms with Crippen molar-refractivity contribution in [3.05, 3.63) is 24.3 Å². The lowest BCUT2D eigenvalue weighted by atomic mass is 10.2. The van der Waals surface area contributed by atoms with E-state index >= 15 is 0 Å². The number of nitrogen functional groups attached to an aromatic ring is 1. The first-order valence-electron chi connectivity index (χ1n) is 4.54. The highest BCUT2D eigenvalue weighted by Crippen LogP contribution is 2.21. The molecule has 0 aliphatic carbocycles.